The predicted molar refractivity (Wildman–Crippen MR) is 72.9 cm³/mol. The maximum atomic E-state index is 4.35. The van der Waals surface area contributed by atoms with Gasteiger partial charge < -0.3 is 5.32 Å². The Balaban J connectivity index is 2.29. The second kappa shape index (κ2) is 7.41. The van der Waals surface area contributed by atoms with Gasteiger partial charge in [-0.25, -0.2) is 0 Å². The summed E-state index contributed by atoms with van der Waals surface area (Å²) in [6.07, 6.45) is 1.85. The summed E-state index contributed by atoms with van der Waals surface area (Å²) in [5.41, 5.74) is 1.13. The van der Waals surface area contributed by atoms with Crippen molar-refractivity contribution in [2.45, 2.75) is 33.4 Å². The third-order valence-corrected chi connectivity index (χ3v) is 2.88. The lowest BCUT2D eigenvalue weighted by atomic mass is 10.2. The molecule has 1 atom stereocenters. The zero-order chi connectivity index (χ0) is 12.7. The average Bonchev–Trinajstić information content (AvgIpc) is 2.29. The van der Waals surface area contributed by atoms with Crippen LogP contribution in [-0.2, 0) is 6.54 Å². The van der Waals surface area contributed by atoms with Gasteiger partial charge in [0.25, 0.3) is 0 Å². The van der Waals surface area contributed by atoms with Crippen LogP contribution in [0.1, 0.15) is 26.5 Å². The molecule has 0 radical (unpaired) electrons. The highest BCUT2D eigenvalue weighted by molar-refractivity contribution is 5.03. The van der Waals surface area contributed by atoms with Crippen molar-refractivity contribution in [3.8, 4) is 0 Å². The fourth-order valence-corrected chi connectivity index (χ4v) is 1.64. The number of nitrogens with one attached hydrogen (secondary N) is 1. The van der Waals surface area contributed by atoms with E-state index in [1.54, 1.807) is 0 Å². The van der Waals surface area contributed by atoms with E-state index < -0.39 is 0 Å². The first kappa shape index (κ1) is 14.1. The van der Waals surface area contributed by atoms with Crippen molar-refractivity contribution in [1.82, 2.24) is 15.2 Å². The Morgan fingerprint density at radius 3 is 2.59 bits per heavy atom. The van der Waals surface area contributed by atoms with Crippen LogP contribution in [0.4, 0.5) is 0 Å². The topological polar surface area (TPSA) is 28.2 Å². The van der Waals surface area contributed by atoms with Crippen molar-refractivity contribution < 1.29 is 0 Å². The number of pyridine rings is 1. The normalized spacial score (nSPS) is 13.3. The minimum absolute atomic E-state index is 0.524. The molecule has 17 heavy (non-hydrogen) atoms. The van der Waals surface area contributed by atoms with E-state index in [9.17, 15) is 0 Å². The molecule has 1 unspecified atom stereocenters. The van der Waals surface area contributed by atoms with Crippen molar-refractivity contribution in [2.24, 2.45) is 5.92 Å². The maximum Gasteiger partial charge on any atom is 0.0543 e. The summed E-state index contributed by atoms with van der Waals surface area (Å²) in [6.45, 7) is 9.73. The van der Waals surface area contributed by atoms with Gasteiger partial charge in [0.1, 0.15) is 0 Å². The molecule has 0 saturated heterocycles. The third kappa shape index (κ3) is 5.80. The van der Waals surface area contributed by atoms with Crippen LogP contribution >= 0.6 is 0 Å². The average molecular weight is 235 g/mol. The van der Waals surface area contributed by atoms with Crippen molar-refractivity contribution in [1.29, 1.82) is 0 Å². The fraction of sp³-hybridized carbons (Fsp3) is 0.643. The second-order valence-electron chi connectivity index (χ2n) is 5.14. The Morgan fingerprint density at radius 2 is 2.00 bits per heavy atom. The minimum Gasteiger partial charge on any atom is -0.315 e. The first-order valence-corrected chi connectivity index (χ1v) is 6.40. The number of nitrogens with zero attached hydrogens (tertiary/aromatic N) is 2. The molecule has 1 rings (SSSR count). The molecule has 1 N–H and O–H groups in total. The van der Waals surface area contributed by atoms with Gasteiger partial charge in [-0.1, -0.05) is 19.9 Å². The second-order valence-corrected chi connectivity index (χ2v) is 5.14. The quantitative estimate of drug-likeness (QED) is 0.785. The summed E-state index contributed by atoms with van der Waals surface area (Å²) in [6, 6.07) is 6.59. The Hall–Kier alpha value is -0.930. The van der Waals surface area contributed by atoms with Gasteiger partial charge in [0.05, 0.1) is 5.69 Å². The van der Waals surface area contributed by atoms with Gasteiger partial charge >= 0.3 is 0 Å². The van der Waals surface area contributed by atoms with E-state index in [1.807, 2.05) is 18.3 Å². The Labute approximate surface area is 105 Å². The van der Waals surface area contributed by atoms with Gasteiger partial charge in [0.15, 0.2) is 0 Å². The molecule has 3 nitrogen and oxygen atoms in total. The van der Waals surface area contributed by atoms with Crippen LogP contribution < -0.4 is 5.32 Å². The number of hydrogen-bond donors (Lipinski definition) is 1. The molecule has 1 aromatic rings. The van der Waals surface area contributed by atoms with E-state index >= 15 is 0 Å². The van der Waals surface area contributed by atoms with E-state index in [4.69, 9.17) is 0 Å². The Morgan fingerprint density at radius 1 is 1.24 bits per heavy atom. The van der Waals surface area contributed by atoms with Gasteiger partial charge in [-0.15, -0.1) is 0 Å². The lowest BCUT2D eigenvalue weighted by Crippen LogP contribution is -2.38. The highest BCUT2D eigenvalue weighted by Crippen LogP contribution is 2.02. The smallest absolute Gasteiger partial charge is 0.0543 e. The molecule has 1 heterocycles. The summed E-state index contributed by atoms with van der Waals surface area (Å²) in [4.78, 5) is 6.68. The van der Waals surface area contributed by atoms with E-state index in [0.717, 1.165) is 25.3 Å². The van der Waals surface area contributed by atoms with E-state index in [1.165, 1.54) is 0 Å². The van der Waals surface area contributed by atoms with Crippen molar-refractivity contribution >= 4 is 0 Å². The lowest BCUT2D eigenvalue weighted by molar-refractivity contribution is 0.238. The van der Waals surface area contributed by atoms with Crippen LogP contribution in [0.25, 0.3) is 0 Å². The monoisotopic (exact) mass is 235 g/mol. The van der Waals surface area contributed by atoms with Gasteiger partial charge in [-0.05, 0) is 38.6 Å². The van der Waals surface area contributed by atoms with Gasteiger partial charge in [-0.3, -0.25) is 9.88 Å². The largest absolute Gasteiger partial charge is 0.315 e. The molecule has 0 aromatic carbocycles. The SMILES string of the molecule is CC(C)CNCC(C)N(C)Cc1ccccn1. The maximum absolute atomic E-state index is 4.35. The van der Waals surface area contributed by atoms with Crippen molar-refractivity contribution in [3.63, 3.8) is 0 Å². The first-order chi connectivity index (χ1) is 8.09. The summed E-state index contributed by atoms with van der Waals surface area (Å²) in [7, 11) is 2.15. The van der Waals surface area contributed by atoms with Crippen LogP contribution in [0.2, 0.25) is 0 Å². The molecule has 0 aliphatic rings. The van der Waals surface area contributed by atoms with E-state index in [-0.39, 0.29) is 0 Å². The van der Waals surface area contributed by atoms with Crippen molar-refractivity contribution in [2.75, 3.05) is 20.1 Å². The van der Waals surface area contributed by atoms with Crippen LogP contribution in [0.3, 0.4) is 0 Å². The van der Waals surface area contributed by atoms with Crippen molar-refractivity contribution in [3.05, 3.63) is 30.1 Å². The van der Waals surface area contributed by atoms with Crippen LogP contribution in [-0.4, -0.2) is 36.1 Å². The molecule has 0 aliphatic heterocycles. The molecular formula is C14H25N3. The number of likely N-dealkylation sites (N-methyl/N-ethyl adjacent to an activating group) is 1. The fourth-order valence-electron chi connectivity index (χ4n) is 1.64. The molecule has 0 aliphatic carbocycles. The number of rotatable bonds is 7. The molecule has 0 fully saturated rings. The minimum atomic E-state index is 0.524. The summed E-state index contributed by atoms with van der Waals surface area (Å²) in [5, 5.41) is 3.49. The van der Waals surface area contributed by atoms with E-state index in [2.05, 4.69) is 49.1 Å². The molecule has 1 aromatic heterocycles. The summed E-state index contributed by atoms with van der Waals surface area (Å²) in [5.74, 6) is 0.711. The molecule has 0 saturated carbocycles. The van der Waals surface area contributed by atoms with Gasteiger partial charge in [0.2, 0.25) is 0 Å². The zero-order valence-corrected chi connectivity index (χ0v) is 11.5. The number of aromatic nitrogens is 1. The van der Waals surface area contributed by atoms with Gasteiger partial charge in [0, 0.05) is 25.3 Å². The highest BCUT2D eigenvalue weighted by Gasteiger charge is 2.09. The number of hydrogen-bond acceptors (Lipinski definition) is 3. The Bertz CT molecular complexity index is 298. The molecular weight excluding hydrogens is 210 g/mol. The summed E-state index contributed by atoms with van der Waals surface area (Å²) < 4.78 is 0. The predicted octanol–water partition coefficient (Wildman–Crippen LogP) is 2.15. The molecule has 96 valence electrons. The van der Waals surface area contributed by atoms with Crippen LogP contribution in [0.5, 0.6) is 0 Å². The molecule has 0 bridgehead atoms. The first-order valence-electron chi connectivity index (χ1n) is 6.40. The lowest BCUT2D eigenvalue weighted by Gasteiger charge is -2.25. The van der Waals surface area contributed by atoms with Gasteiger partial charge in [-0.2, -0.15) is 0 Å². The third-order valence-electron chi connectivity index (χ3n) is 2.88. The van der Waals surface area contributed by atoms with Crippen LogP contribution in [0.15, 0.2) is 24.4 Å². The van der Waals surface area contributed by atoms with Crippen LogP contribution in [0, 0.1) is 5.92 Å². The highest BCUT2D eigenvalue weighted by atomic mass is 15.1. The molecule has 0 amide bonds. The standard InChI is InChI=1S/C14H25N3/c1-12(2)9-15-10-13(3)17(4)11-14-7-5-6-8-16-14/h5-8,12-13,15H,9-11H2,1-4H3. The Kier molecular flexibility index (Phi) is 6.16. The van der Waals surface area contributed by atoms with E-state index in [0.29, 0.717) is 12.0 Å². The summed E-state index contributed by atoms with van der Waals surface area (Å²) >= 11 is 0. The zero-order valence-electron chi connectivity index (χ0n) is 11.5. The molecule has 3 heteroatoms. The molecule has 0 spiro atoms.